The van der Waals surface area contributed by atoms with Crippen LogP contribution >= 0.6 is 15.9 Å². The Morgan fingerprint density at radius 2 is 1.95 bits per heavy atom. The van der Waals surface area contributed by atoms with E-state index in [9.17, 15) is 0 Å². The van der Waals surface area contributed by atoms with Crippen LogP contribution < -0.4 is 5.73 Å². The van der Waals surface area contributed by atoms with E-state index >= 15 is 0 Å². The average molecular weight is 329 g/mol. The van der Waals surface area contributed by atoms with E-state index in [4.69, 9.17) is 5.73 Å². The molecule has 3 aromatic rings. The smallest absolute Gasteiger partial charge is 0.153 e. The molecule has 3 rings (SSSR count). The molecule has 1 aromatic carbocycles. The van der Waals surface area contributed by atoms with Crippen LogP contribution in [0, 0.1) is 6.92 Å². The molecule has 0 radical (unpaired) electrons. The number of nitrogens with two attached hydrogens (primary N) is 1. The molecule has 0 saturated heterocycles. The summed E-state index contributed by atoms with van der Waals surface area (Å²) in [7, 11) is 0. The van der Waals surface area contributed by atoms with E-state index in [2.05, 4.69) is 26.0 Å². The van der Waals surface area contributed by atoms with Gasteiger partial charge in [-0.3, -0.25) is 0 Å². The fourth-order valence-corrected chi connectivity index (χ4v) is 2.23. The molecule has 2 heterocycles. The third-order valence-electron chi connectivity index (χ3n) is 3.10. The lowest BCUT2D eigenvalue weighted by molar-refractivity contribution is 0.839. The number of hydrogen-bond acceptors (Lipinski definition) is 3. The van der Waals surface area contributed by atoms with Gasteiger partial charge in [-0.25, -0.2) is 9.67 Å². The van der Waals surface area contributed by atoms with Crippen molar-refractivity contribution < 1.29 is 0 Å². The summed E-state index contributed by atoms with van der Waals surface area (Å²) >= 11 is 3.44. The van der Waals surface area contributed by atoms with E-state index in [0.717, 1.165) is 32.8 Å². The van der Waals surface area contributed by atoms with Crippen LogP contribution in [-0.4, -0.2) is 14.8 Å². The summed E-state index contributed by atoms with van der Waals surface area (Å²) in [6, 6.07) is 11.6. The van der Waals surface area contributed by atoms with Crippen molar-refractivity contribution in [2.45, 2.75) is 6.92 Å². The number of aromatic nitrogens is 3. The van der Waals surface area contributed by atoms with Crippen LogP contribution in [0.5, 0.6) is 0 Å². The summed E-state index contributed by atoms with van der Waals surface area (Å²) in [5.74, 6) is 0.784. The van der Waals surface area contributed by atoms with Crippen LogP contribution in [0.2, 0.25) is 0 Å². The van der Waals surface area contributed by atoms with Gasteiger partial charge in [-0.05, 0) is 41.1 Å². The molecule has 0 spiro atoms. The zero-order valence-corrected chi connectivity index (χ0v) is 12.5. The molecule has 0 aliphatic rings. The van der Waals surface area contributed by atoms with Gasteiger partial charge in [0.2, 0.25) is 0 Å². The minimum Gasteiger partial charge on any atom is -0.398 e. The Bertz CT molecular complexity index is 764. The zero-order valence-electron chi connectivity index (χ0n) is 10.9. The highest BCUT2D eigenvalue weighted by Gasteiger charge is 2.07. The lowest BCUT2D eigenvalue weighted by Crippen LogP contribution is -1.99. The van der Waals surface area contributed by atoms with Crippen LogP contribution in [0.4, 0.5) is 5.69 Å². The van der Waals surface area contributed by atoms with Crippen molar-refractivity contribution in [3.8, 4) is 16.9 Å². The zero-order chi connectivity index (χ0) is 14.1. The number of rotatable bonds is 2. The van der Waals surface area contributed by atoms with E-state index in [1.807, 2.05) is 49.5 Å². The first-order valence-corrected chi connectivity index (χ1v) is 6.97. The number of pyridine rings is 1. The summed E-state index contributed by atoms with van der Waals surface area (Å²) in [5, 5.41) is 4.36. The number of nitrogens with zero attached hydrogens (tertiary/aromatic N) is 3. The molecule has 0 fully saturated rings. The van der Waals surface area contributed by atoms with E-state index in [0.29, 0.717) is 0 Å². The Hall–Kier alpha value is -2.14. The first-order valence-electron chi connectivity index (χ1n) is 6.18. The van der Waals surface area contributed by atoms with Gasteiger partial charge in [-0.2, -0.15) is 5.10 Å². The second-order valence-electron chi connectivity index (χ2n) is 4.50. The Morgan fingerprint density at radius 3 is 2.70 bits per heavy atom. The topological polar surface area (TPSA) is 56.7 Å². The second kappa shape index (κ2) is 5.09. The number of benzene rings is 1. The lowest BCUT2D eigenvalue weighted by Gasteiger charge is -2.03. The van der Waals surface area contributed by atoms with E-state index < -0.39 is 0 Å². The predicted molar refractivity (Wildman–Crippen MR) is 83.6 cm³/mol. The molecule has 0 atom stereocenters. The van der Waals surface area contributed by atoms with Crippen LogP contribution in [0.15, 0.2) is 53.3 Å². The molecule has 0 aliphatic heterocycles. The summed E-state index contributed by atoms with van der Waals surface area (Å²) < 4.78 is 2.74. The van der Waals surface area contributed by atoms with Gasteiger partial charge in [0.05, 0.1) is 11.9 Å². The first kappa shape index (κ1) is 12.9. The third kappa shape index (κ3) is 2.32. The van der Waals surface area contributed by atoms with Gasteiger partial charge in [0.25, 0.3) is 0 Å². The highest BCUT2D eigenvalue weighted by Crippen LogP contribution is 2.25. The highest BCUT2D eigenvalue weighted by atomic mass is 79.9. The summed E-state index contributed by atoms with van der Waals surface area (Å²) in [6.07, 6.45) is 3.73. The molecule has 0 aliphatic carbocycles. The van der Waals surface area contributed by atoms with Crippen LogP contribution in [0.1, 0.15) is 5.69 Å². The predicted octanol–water partition coefficient (Wildman–Crippen LogP) is 3.59. The number of hydrogen-bond donors (Lipinski definition) is 1. The largest absolute Gasteiger partial charge is 0.398 e. The molecule has 2 N–H and O–H groups in total. The Kier molecular flexibility index (Phi) is 3.28. The van der Waals surface area contributed by atoms with E-state index in [1.54, 1.807) is 10.9 Å². The summed E-state index contributed by atoms with van der Waals surface area (Å²) in [5.41, 5.74) is 9.61. The quantitative estimate of drug-likeness (QED) is 0.731. The van der Waals surface area contributed by atoms with Gasteiger partial charge in [0.15, 0.2) is 5.82 Å². The molecule has 100 valence electrons. The standard InChI is InChI=1S/C15H13BrN4/c1-10-13(16)6-7-15(19-10)20-9-11(8-18-20)12-4-2-3-5-14(12)17/h2-9H,17H2,1H3. The fourth-order valence-electron chi connectivity index (χ4n) is 2.01. The van der Waals surface area contributed by atoms with Crippen molar-refractivity contribution >= 4 is 21.6 Å². The van der Waals surface area contributed by atoms with Crippen molar-refractivity contribution in [3.63, 3.8) is 0 Å². The third-order valence-corrected chi connectivity index (χ3v) is 3.93. The molecular weight excluding hydrogens is 316 g/mol. The average Bonchev–Trinajstić information content (AvgIpc) is 2.92. The molecular formula is C15H13BrN4. The number of para-hydroxylation sites is 1. The van der Waals surface area contributed by atoms with Crippen molar-refractivity contribution in [1.29, 1.82) is 0 Å². The van der Waals surface area contributed by atoms with Crippen molar-refractivity contribution in [2.75, 3.05) is 5.73 Å². The molecule has 4 nitrogen and oxygen atoms in total. The number of halogens is 1. The van der Waals surface area contributed by atoms with Gasteiger partial charge < -0.3 is 5.73 Å². The maximum absolute atomic E-state index is 5.99. The van der Waals surface area contributed by atoms with Gasteiger partial charge in [-0.1, -0.05) is 18.2 Å². The molecule has 0 unspecified atom stereocenters. The normalized spacial score (nSPS) is 10.7. The summed E-state index contributed by atoms with van der Waals surface area (Å²) in [6.45, 7) is 1.95. The highest BCUT2D eigenvalue weighted by molar-refractivity contribution is 9.10. The first-order chi connectivity index (χ1) is 9.65. The number of nitrogen functional groups attached to an aromatic ring is 1. The van der Waals surface area contributed by atoms with E-state index in [1.165, 1.54) is 0 Å². The molecule has 0 saturated carbocycles. The minimum atomic E-state index is 0.743. The maximum atomic E-state index is 5.99. The van der Waals surface area contributed by atoms with Crippen LogP contribution in [-0.2, 0) is 0 Å². The van der Waals surface area contributed by atoms with Gasteiger partial charge in [-0.15, -0.1) is 0 Å². The van der Waals surface area contributed by atoms with Crippen LogP contribution in [0.25, 0.3) is 16.9 Å². The SMILES string of the molecule is Cc1nc(-n2cc(-c3ccccc3N)cn2)ccc1Br. The molecule has 20 heavy (non-hydrogen) atoms. The van der Waals surface area contributed by atoms with Crippen molar-refractivity contribution in [3.05, 3.63) is 59.0 Å². The van der Waals surface area contributed by atoms with Crippen molar-refractivity contribution in [2.24, 2.45) is 0 Å². The maximum Gasteiger partial charge on any atom is 0.153 e. The van der Waals surface area contributed by atoms with E-state index in [-0.39, 0.29) is 0 Å². The monoisotopic (exact) mass is 328 g/mol. The van der Waals surface area contributed by atoms with Crippen LogP contribution in [0.3, 0.4) is 0 Å². The number of anilines is 1. The molecule has 2 aromatic heterocycles. The van der Waals surface area contributed by atoms with Crippen molar-refractivity contribution in [1.82, 2.24) is 14.8 Å². The lowest BCUT2D eigenvalue weighted by atomic mass is 10.1. The summed E-state index contributed by atoms with van der Waals surface area (Å²) in [4.78, 5) is 4.49. The van der Waals surface area contributed by atoms with Gasteiger partial charge in [0.1, 0.15) is 0 Å². The molecule has 5 heteroatoms. The second-order valence-corrected chi connectivity index (χ2v) is 5.35. The minimum absolute atomic E-state index is 0.743. The van der Waals surface area contributed by atoms with Gasteiger partial charge >= 0.3 is 0 Å². The molecule has 0 amide bonds. The Morgan fingerprint density at radius 1 is 1.15 bits per heavy atom. The number of aryl methyl sites for hydroxylation is 1. The Labute approximate surface area is 125 Å². The fraction of sp³-hybridized carbons (Fsp3) is 0.0667. The Balaban J connectivity index is 2.02. The molecule has 0 bridgehead atoms. The van der Waals surface area contributed by atoms with Gasteiger partial charge in [0, 0.05) is 27.5 Å².